The minimum Gasteiger partial charge on any atom is -0.463 e. The summed E-state index contributed by atoms with van der Waals surface area (Å²) in [6.07, 6.45) is 1.94. The number of nitrogens with zero attached hydrogens (tertiary/aromatic N) is 1. The second kappa shape index (κ2) is 9.82. The number of carbonyl (C=O) groups excluding carboxylic acids is 2. The average molecular weight is 400 g/mol. The van der Waals surface area contributed by atoms with Crippen molar-refractivity contribution in [3.8, 4) is 0 Å². The van der Waals surface area contributed by atoms with Crippen LogP contribution in [-0.4, -0.2) is 30.5 Å². The summed E-state index contributed by atoms with van der Waals surface area (Å²) < 4.78 is 10.4. The summed E-state index contributed by atoms with van der Waals surface area (Å²) >= 11 is 3.29. The average Bonchev–Trinajstić information content (AvgIpc) is 2.53. The molecule has 0 bridgehead atoms. The fourth-order valence-electron chi connectivity index (χ4n) is 1.93. The third kappa shape index (κ3) is 6.49. The highest BCUT2D eigenvalue weighted by Gasteiger charge is 2.22. The van der Waals surface area contributed by atoms with E-state index in [-0.39, 0.29) is 12.2 Å². The van der Waals surface area contributed by atoms with Crippen LogP contribution in [0.15, 0.2) is 40.6 Å². The van der Waals surface area contributed by atoms with Crippen molar-refractivity contribution in [3.05, 3.63) is 56.3 Å². The van der Waals surface area contributed by atoms with E-state index in [1.165, 1.54) is 6.08 Å². The molecule has 1 aromatic carbocycles. The number of halogens is 1. The number of hydrogen-bond acceptors (Lipinski definition) is 6. The molecule has 0 heterocycles. The summed E-state index contributed by atoms with van der Waals surface area (Å²) in [7, 11) is 1.14. The minimum absolute atomic E-state index is 0.131. The molecule has 1 aromatic rings. The molecule has 0 spiro atoms. The van der Waals surface area contributed by atoms with Crippen molar-refractivity contribution in [2.75, 3.05) is 13.7 Å². The highest BCUT2D eigenvalue weighted by Crippen LogP contribution is 2.23. The SMILES string of the molecule is CCCC(=O)O/C(=C\[C@@H](C[N+](=O)[O-])c1ccc(Br)cc1)C(=O)OC. The van der Waals surface area contributed by atoms with E-state index in [0.29, 0.717) is 12.0 Å². The van der Waals surface area contributed by atoms with Gasteiger partial charge in [0.05, 0.1) is 13.0 Å². The molecule has 8 heteroatoms. The van der Waals surface area contributed by atoms with Crippen molar-refractivity contribution in [2.45, 2.75) is 25.7 Å². The van der Waals surface area contributed by atoms with E-state index in [2.05, 4.69) is 20.7 Å². The van der Waals surface area contributed by atoms with E-state index in [0.717, 1.165) is 11.6 Å². The molecule has 0 saturated carbocycles. The van der Waals surface area contributed by atoms with Crippen molar-refractivity contribution in [1.82, 2.24) is 0 Å². The van der Waals surface area contributed by atoms with Gasteiger partial charge in [-0.15, -0.1) is 0 Å². The Labute approximate surface area is 147 Å². The normalized spacial score (nSPS) is 12.4. The standard InChI is InChI=1S/C16H18BrNO6/c1-3-4-15(19)24-14(16(20)23-2)9-12(10-18(21)22)11-5-7-13(17)8-6-11/h5-9,12H,3-4,10H2,1-2H3/b14-9-/t12-/m0/s1. The van der Waals surface area contributed by atoms with Gasteiger partial charge in [-0.1, -0.05) is 35.0 Å². The number of benzene rings is 1. The van der Waals surface area contributed by atoms with Crippen molar-refractivity contribution >= 4 is 27.9 Å². The lowest BCUT2D eigenvalue weighted by molar-refractivity contribution is -0.481. The summed E-state index contributed by atoms with van der Waals surface area (Å²) in [5, 5.41) is 10.9. The predicted molar refractivity (Wildman–Crippen MR) is 89.8 cm³/mol. The zero-order valence-corrected chi connectivity index (χ0v) is 14.9. The van der Waals surface area contributed by atoms with E-state index < -0.39 is 29.3 Å². The van der Waals surface area contributed by atoms with Gasteiger partial charge in [0.25, 0.3) is 0 Å². The maximum Gasteiger partial charge on any atom is 0.373 e. The molecule has 1 atom stereocenters. The zero-order chi connectivity index (χ0) is 18.1. The molecule has 24 heavy (non-hydrogen) atoms. The smallest absolute Gasteiger partial charge is 0.373 e. The van der Waals surface area contributed by atoms with Gasteiger partial charge >= 0.3 is 11.9 Å². The molecule has 0 aliphatic carbocycles. The number of methoxy groups -OCH3 is 1. The molecule has 0 radical (unpaired) electrons. The summed E-state index contributed by atoms with van der Waals surface area (Å²) in [5.74, 6) is -2.53. The Kier molecular flexibility index (Phi) is 8.11. The molecule has 0 saturated heterocycles. The van der Waals surface area contributed by atoms with Crippen molar-refractivity contribution in [3.63, 3.8) is 0 Å². The first-order valence-corrected chi connectivity index (χ1v) is 8.04. The molecular weight excluding hydrogens is 382 g/mol. The van der Waals surface area contributed by atoms with Gasteiger partial charge in [0, 0.05) is 15.8 Å². The number of ether oxygens (including phenoxy) is 2. The van der Waals surface area contributed by atoms with E-state index >= 15 is 0 Å². The van der Waals surface area contributed by atoms with E-state index in [1.54, 1.807) is 31.2 Å². The number of nitro groups is 1. The fraction of sp³-hybridized carbons (Fsp3) is 0.375. The van der Waals surface area contributed by atoms with E-state index in [9.17, 15) is 19.7 Å². The molecular formula is C16H18BrNO6. The van der Waals surface area contributed by atoms with Crippen LogP contribution in [-0.2, 0) is 19.1 Å². The summed E-state index contributed by atoms with van der Waals surface area (Å²) in [5.41, 5.74) is 0.614. The first-order valence-electron chi connectivity index (χ1n) is 7.25. The molecule has 0 N–H and O–H groups in total. The van der Waals surface area contributed by atoms with Gasteiger partial charge in [0.1, 0.15) is 0 Å². The second-order valence-corrected chi connectivity index (χ2v) is 5.84. The van der Waals surface area contributed by atoms with Gasteiger partial charge in [-0.3, -0.25) is 14.9 Å². The lowest BCUT2D eigenvalue weighted by Gasteiger charge is -2.12. The highest BCUT2D eigenvalue weighted by molar-refractivity contribution is 9.10. The molecule has 7 nitrogen and oxygen atoms in total. The molecule has 1 rings (SSSR count). The van der Waals surface area contributed by atoms with Crippen LogP contribution in [0.3, 0.4) is 0 Å². The number of rotatable bonds is 8. The Bertz CT molecular complexity index is 626. The summed E-state index contributed by atoms with van der Waals surface area (Å²) in [4.78, 5) is 33.9. The van der Waals surface area contributed by atoms with Crippen LogP contribution in [0.2, 0.25) is 0 Å². The zero-order valence-electron chi connectivity index (χ0n) is 13.4. The van der Waals surface area contributed by atoms with Crippen molar-refractivity contribution < 1.29 is 24.0 Å². The van der Waals surface area contributed by atoms with E-state index in [1.807, 2.05) is 0 Å². The van der Waals surface area contributed by atoms with Gasteiger partial charge < -0.3 is 9.47 Å². The van der Waals surface area contributed by atoms with Crippen LogP contribution in [0.4, 0.5) is 0 Å². The maximum atomic E-state index is 11.8. The van der Waals surface area contributed by atoms with E-state index in [4.69, 9.17) is 4.74 Å². The summed E-state index contributed by atoms with van der Waals surface area (Å²) in [6.45, 7) is 1.34. The number of carbonyl (C=O) groups is 2. The predicted octanol–water partition coefficient (Wildman–Crippen LogP) is 3.21. The van der Waals surface area contributed by atoms with Crippen LogP contribution in [0.25, 0.3) is 0 Å². The van der Waals surface area contributed by atoms with Gasteiger partial charge in [0.2, 0.25) is 12.3 Å². The van der Waals surface area contributed by atoms with Crippen LogP contribution >= 0.6 is 15.9 Å². The lowest BCUT2D eigenvalue weighted by atomic mass is 9.98. The Balaban J connectivity index is 3.17. The summed E-state index contributed by atoms with van der Waals surface area (Å²) in [6, 6.07) is 6.85. The maximum absolute atomic E-state index is 11.8. The molecule has 0 unspecified atom stereocenters. The van der Waals surface area contributed by atoms with Crippen molar-refractivity contribution in [1.29, 1.82) is 0 Å². The Morgan fingerprint density at radius 1 is 1.33 bits per heavy atom. The van der Waals surface area contributed by atoms with Crippen LogP contribution in [0, 0.1) is 10.1 Å². The first kappa shape index (κ1) is 19.8. The minimum atomic E-state index is -0.857. The van der Waals surface area contributed by atoms with Gasteiger partial charge in [-0.05, 0) is 30.2 Å². The molecule has 0 aliphatic rings. The quantitative estimate of drug-likeness (QED) is 0.219. The monoisotopic (exact) mass is 399 g/mol. The second-order valence-electron chi connectivity index (χ2n) is 4.92. The Hall–Kier alpha value is -2.22. The van der Waals surface area contributed by atoms with Crippen LogP contribution in [0.1, 0.15) is 31.2 Å². The third-order valence-corrected chi connectivity index (χ3v) is 3.59. The molecule has 0 aliphatic heterocycles. The molecule has 0 amide bonds. The third-order valence-electron chi connectivity index (χ3n) is 3.06. The van der Waals surface area contributed by atoms with Crippen molar-refractivity contribution in [2.24, 2.45) is 0 Å². The molecule has 0 aromatic heterocycles. The first-order chi connectivity index (χ1) is 11.4. The molecule has 0 fully saturated rings. The lowest BCUT2D eigenvalue weighted by Crippen LogP contribution is -2.17. The van der Waals surface area contributed by atoms with Gasteiger partial charge in [-0.2, -0.15) is 0 Å². The van der Waals surface area contributed by atoms with Gasteiger partial charge in [0.15, 0.2) is 0 Å². The van der Waals surface area contributed by atoms with Gasteiger partial charge in [-0.25, -0.2) is 4.79 Å². The largest absolute Gasteiger partial charge is 0.463 e. The number of esters is 2. The topological polar surface area (TPSA) is 95.7 Å². The number of hydrogen-bond donors (Lipinski definition) is 0. The van der Waals surface area contributed by atoms with Crippen LogP contribution < -0.4 is 0 Å². The fourth-order valence-corrected chi connectivity index (χ4v) is 2.19. The highest BCUT2D eigenvalue weighted by atomic mass is 79.9. The Morgan fingerprint density at radius 3 is 2.46 bits per heavy atom. The Morgan fingerprint density at radius 2 is 1.96 bits per heavy atom. The molecule has 130 valence electrons. The van der Waals surface area contributed by atoms with Crippen LogP contribution in [0.5, 0.6) is 0 Å².